The summed E-state index contributed by atoms with van der Waals surface area (Å²) >= 11 is 0. The molecule has 0 aromatic heterocycles. The van der Waals surface area contributed by atoms with Gasteiger partial charge in [-0.05, 0) is 60.5 Å². The van der Waals surface area contributed by atoms with Crippen LogP contribution < -0.4 is 0 Å². The summed E-state index contributed by atoms with van der Waals surface area (Å²) in [6.07, 6.45) is 6.43. The lowest BCUT2D eigenvalue weighted by Crippen LogP contribution is -2.29. The molecule has 0 fully saturated rings. The van der Waals surface area contributed by atoms with Gasteiger partial charge in [0.25, 0.3) is 0 Å². The molecule has 0 saturated carbocycles. The summed E-state index contributed by atoms with van der Waals surface area (Å²) in [6, 6.07) is 0. The molecule has 0 aliphatic carbocycles. The molecule has 0 aromatic carbocycles. The van der Waals surface area contributed by atoms with E-state index in [0.717, 1.165) is 32.5 Å². The zero-order valence-electron chi connectivity index (χ0n) is 13.6. The summed E-state index contributed by atoms with van der Waals surface area (Å²) in [6.45, 7) is 3.07. The Hall–Kier alpha value is -0.610. The standard InChI is InChI=1S/C15H33N3O/c1-16(2)12-9-7-6-8-11-15(19)18(5)14-10-13-17(3)4/h6-14H2,1-5H3. The summed E-state index contributed by atoms with van der Waals surface area (Å²) in [4.78, 5) is 18.1. The van der Waals surface area contributed by atoms with E-state index in [4.69, 9.17) is 0 Å². The molecular weight excluding hydrogens is 238 g/mol. The summed E-state index contributed by atoms with van der Waals surface area (Å²) in [5.74, 6) is 0.298. The van der Waals surface area contributed by atoms with E-state index in [2.05, 4.69) is 38.0 Å². The highest BCUT2D eigenvalue weighted by Gasteiger charge is 2.07. The third-order valence-corrected chi connectivity index (χ3v) is 3.27. The number of unbranched alkanes of at least 4 members (excludes halogenated alkanes) is 3. The Labute approximate surface area is 119 Å². The molecule has 0 rings (SSSR count). The summed E-state index contributed by atoms with van der Waals surface area (Å²) in [5.41, 5.74) is 0. The van der Waals surface area contributed by atoms with Crippen molar-refractivity contribution < 1.29 is 4.79 Å². The number of hydrogen-bond donors (Lipinski definition) is 0. The highest BCUT2D eigenvalue weighted by molar-refractivity contribution is 5.75. The van der Waals surface area contributed by atoms with E-state index in [9.17, 15) is 4.79 Å². The third kappa shape index (κ3) is 12.2. The summed E-state index contributed by atoms with van der Waals surface area (Å²) < 4.78 is 0. The lowest BCUT2D eigenvalue weighted by Gasteiger charge is -2.18. The van der Waals surface area contributed by atoms with Crippen LogP contribution in [0.2, 0.25) is 0 Å². The zero-order valence-corrected chi connectivity index (χ0v) is 13.6. The Morgan fingerprint density at radius 3 is 1.79 bits per heavy atom. The Morgan fingerprint density at radius 1 is 0.684 bits per heavy atom. The number of hydrogen-bond acceptors (Lipinski definition) is 3. The number of rotatable bonds is 11. The molecule has 19 heavy (non-hydrogen) atoms. The van der Waals surface area contributed by atoms with Crippen molar-refractivity contribution in [3.05, 3.63) is 0 Å². The van der Waals surface area contributed by atoms with Crippen molar-refractivity contribution in [3.63, 3.8) is 0 Å². The van der Waals surface area contributed by atoms with Crippen molar-refractivity contribution >= 4 is 5.91 Å². The van der Waals surface area contributed by atoms with Crippen molar-refractivity contribution in [1.82, 2.24) is 14.7 Å². The van der Waals surface area contributed by atoms with Crippen LogP contribution in [0.3, 0.4) is 0 Å². The Morgan fingerprint density at radius 2 is 1.21 bits per heavy atom. The van der Waals surface area contributed by atoms with E-state index < -0.39 is 0 Å². The molecule has 114 valence electrons. The summed E-state index contributed by atoms with van der Waals surface area (Å²) in [7, 11) is 10.3. The molecule has 0 aliphatic heterocycles. The highest BCUT2D eigenvalue weighted by Crippen LogP contribution is 2.05. The average Bonchev–Trinajstić information content (AvgIpc) is 2.32. The Kier molecular flexibility index (Phi) is 10.9. The van der Waals surface area contributed by atoms with Crippen LogP contribution in [0.4, 0.5) is 0 Å². The molecule has 0 spiro atoms. The SMILES string of the molecule is CN(C)CCCCCCC(=O)N(C)CCCN(C)C. The van der Waals surface area contributed by atoms with Crippen LogP contribution >= 0.6 is 0 Å². The molecule has 0 aliphatic rings. The minimum absolute atomic E-state index is 0.298. The molecular formula is C15H33N3O. The van der Waals surface area contributed by atoms with Crippen molar-refractivity contribution in [2.75, 3.05) is 54.9 Å². The smallest absolute Gasteiger partial charge is 0.222 e. The van der Waals surface area contributed by atoms with Gasteiger partial charge in [0.2, 0.25) is 5.91 Å². The van der Waals surface area contributed by atoms with Crippen LogP contribution in [-0.2, 0) is 4.79 Å². The lowest BCUT2D eigenvalue weighted by atomic mass is 10.1. The number of carbonyl (C=O) groups is 1. The van der Waals surface area contributed by atoms with Gasteiger partial charge >= 0.3 is 0 Å². The van der Waals surface area contributed by atoms with E-state index in [-0.39, 0.29) is 0 Å². The fourth-order valence-electron chi connectivity index (χ4n) is 2.00. The maximum Gasteiger partial charge on any atom is 0.222 e. The normalized spacial score (nSPS) is 11.3. The van der Waals surface area contributed by atoms with Gasteiger partial charge in [0.1, 0.15) is 0 Å². The third-order valence-electron chi connectivity index (χ3n) is 3.27. The van der Waals surface area contributed by atoms with Crippen LogP contribution in [0.5, 0.6) is 0 Å². The predicted molar refractivity (Wildman–Crippen MR) is 82.4 cm³/mol. The Balaban J connectivity index is 3.46. The number of carbonyl (C=O) groups excluding carboxylic acids is 1. The van der Waals surface area contributed by atoms with E-state index in [0.29, 0.717) is 12.3 Å². The van der Waals surface area contributed by atoms with Gasteiger partial charge in [-0.1, -0.05) is 12.8 Å². The fourth-order valence-corrected chi connectivity index (χ4v) is 2.00. The quantitative estimate of drug-likeness (QED) is 0.537. The second-order valence-electron chi connectivity index (χ2n) is 5.94. The molecule has 4 nitrogen and oxygen atoms in total. The van der Waals surface area contributed by atoms with Gasteiger partial charge in [0.05, 0.1) is 0 Å². The molecule has 1 amide bonds. The molecule has 0 heterocycles. The molecule has 4 heteroatoms. The maximum absolute atomic E-state index is 11.9. The largest absolute Gasteiger partial charge is 0.346 e. The van der Waals surface area contributed by atoms with Gasteiger partial charge in [0.15, 0.2) is 0 Å². The second-order valence-corrected chi connectivity index (χ2v) is 5.94. The molecule has 0 saturated heterocycles. The predicted octanol–water partition coefficient (Wildman–Crippen LogP) is 1.91. The zero-order chi connectivity index (χ0) is 14.7. The van der Waals surface area contributed by atoms with E-state index in [1.165, 1.54) is 19.3 Å². The monoisotopic (exact) mass is 271 g/mol. The van der Waals surface area contributed by atoms with E-state index >= 15 is 0 Å². The number of nitrogens with zero attached hydrogens (tertiary/aromatic N) is 3. The van der Waals surface area contributed by atoms with E-state index in [1.54, 1.807) is 0 Å². The molecule has 0 unspecified atom stereocenters. The van der Waals surface area contributed by atoms with Gasteiger partial charge in [-0.25, -0.2) is 0 Å². The van der Waals surface area contributed by atoms with Gasteiger partial charge in [-0.15, -0.1) is 0 Å². The second kappa shape index (κ2) is 11.2. The minimum atomic E-state index is 0.298. The van der Waals surface area contributed by atoms with Crippen molar-refractivity contribution in [1.29, 1.82) is 0 Å². The van der Waals surface area contributed by atoms with E-state index in [1.807, 2.05) is 11.9 Å². The van der Waals surface area contributed by atoms with Gasteiger partial charge in [-0.2, -0.15) is 0 Å². The molecule has 0 radical (unpaired) electrons. The van der Waals surface area contributed by atoms with Gasteiger partial charge < -0.3 is 14.7 Å². The first-order valence-corrected chi connectivity index (χ1v) is 7.47. The molecule has 0 N–H and O–H groups in total. The Bertz CT molecular complexity index is 229. The first kappa shape index (κ1) is 18.4. The topological polar surface area (TPSA) is 26.8 Å². The van der Waals surface area contributed by atoms with Crippen molar-refractivity contribution in [3.8, 4) is 0 Å². The minimum Gasteiger partial charge on any atom is -0.346 e. The molecule has 0 bridgehead atoms. The van der Waals surface area contributed by atoms with Gasteiger partial charge in [-0.3, -0.25) is 4.79 Å². The first-order chi connectivity index (χ1) is 8.93. The fraction of sp³-hybridized carbons (Fsp3) is 0.933. The van der Waals surface area contributed by atoms with Gasteiger partial charge in [0, 0.05) is 20.0 Å². The highest BCUT2D eigenvalue weighted by atomic mass is 16.2. The molecule has 0 atom stereocenters. The lowest BCUT2D eigenvalue weighted by molar-refractivity contribution is -0.130. The van der Waals surface area contributed by atoms with Crippen LogP contribution in [0, 0.1) is 0 Å². The summed E-state index contributed by atoms with van der Waals surface area (Å²) in [5, 5.41) is 0. The van der Waals surface area contributed by atoms with Crippen LogP contribution in [0.15, 0.2) is 0 Å². The first-order valence-electron chi connectivity index (χ1n) is 7.47. The van der Waals surface area contributed by atoms with Crippen LogP contribution in [0.1, 0.15) is 38.5 Å². The van der Waals surface area contributed by atoms with Crippen molar-refractivity contribution in [2.24, 2.45) is 0 Å². The van der Waals surface area contributed by atoms with Crippen molar-refractivity contribution in [2.45, 2.75) is 38.5 Å². The number of amides is 1. The van der Waals surface area contributed by atoms with Crippen LogP contribution in [0.25, 0.3) is 0 Å². The average molecular weight is 271 g/mol. The van der Waals surface area contributed by atoms with Crippen LogP contribution in [-0.4, -0.2) is 75.5 Å². The maximum atomic E-state index is 11.9. The molecule has 0 aromatic rings.